The smallest absolute Gasteiger partial charge is 0.209 e. The number of guanidine groups is 1. The van der Waals surface area contributed by atoms with Crippen molar-refractivity contribution in [1.82, 2.24) is 4.68 Å². The third-order valence-electron chi connectivity index (χ3n) is 2.78. The van der Waals surface area contributed by atoms with Crippen molar-refractivity contribution in [2.24, 2.45) is 16.6 Å². The van der Waals surface area contributed by atoms with E-state index >= 15 is 0 Å². The molecule has 0 aliphatic heterocycles. The lowest BCUT2D eigenvalue weighted by molar-refractivity contribution is 0.920. The normalized spacial score (nSPS) is 10.8. The Labute approximate surface area is 98.1 Å². The van der Waals surface area contributed by atoms with Gasteiger partial charge >= 0.3 is 0 Å². The Morgan fingerprint density at radius 2 is 1.71 bits per heavy atom. The SMILES string of the molecule is NC(N)=Nn1ccc2ccc3ccccc3c21. The highest BCUT2D eigenvalue weighted by molar-refractivity contribution is 6.06. The van der Waals surface area contributed by atoms with Crippen LogP contribution in [0.5, 0.6) is 0 Å². The molecule has 0 unspecified atom stereocenters. The first-order valence-corrected chi connectivity index (χ1v) is 5.34. The number of nitrogens with zero attached hydrogens (tertiary/aromatic N) is 2. The van der Waals surface area contributed by atoms with Crippen LogP contribution in [0.4, 0.5) is 0 Å². The van der Waals surface area contributed by atoms with Crippen LogP contribution in [0, 0.1) is 0 Å². The van der Waals surface area contributed by atoms with Crippen LogP contribution in [0.15, 0.2) is 53.8 Å². The Morgan fingerprint density at radius 1 is 0.941 bits per heavy atom. The molecule has 0 spiro atoms. The molecular formula is C13H12N4. The van der Waals surface area contributed by atoms with Gasteiger partial charge in [-0.25, -0.2) is 4.68 Å². The van der Waals surface area contributed by atoms with Gasteiger partial charge in [-0.3, -0.25) is 0 Å². The van der Waals surface area contributed by atoms with E-state index in [1.165, 1.54) is 5.39 Å². The molecule has 3 rings (SSSR count). The van der Waals surface area contributed by atoms with Gasteiger partial charge < -0.3 is 11.5 Å². The Morgan fingerprint density at radius 3 is 2.53 bits per heavy atom. The molecule has 0 saturated carbocycles. The van der Waals surface area contributed by atoms with E-state index < -0.39 is 0 Å². The van der Waals surface area contributed by atoms with Crippen molar-refractivity contribution >= 4 is 27.6 Å². The lowest BCUT2D eigenvalue weighted by Crippen LogP contribution is -2.23. The van der Waals surface area contributed by atoms with Crippen molar-refractivity contribution in [3.05, 3.63) is 48.7 Å². The second-order valence-corrected chi connectivity index (χ2v) is 3.91. The van der Waals surface area contributed by atoms with Crippen molar-refractivity contribution in [3.63, 3.8) is 0 Å². The Kier molecular flexibility index (Phi) is 2.01. The summed E-state index contributed by atoms with van der Waals surface area (Å²) in [5, 5.41) is 7.52. The molecule has 1 aromatic heterocycles. The summed E-state index contributed by atoms with van der Waals surface area (Å²) in [7, 11) is 0. The van der Waals surface area contributed by atoms with Crippen LogP contribution >= 0.6 is 0 Å². The maximum absolute atomic E-state index is 5.43. The molecular weight excluding hydrogens is 212 g/mol. The molecule has 0 atom stereocenters. The minimum atomic E-state index is 0.0513. The number of hydrogen-bond acceptors (Lipinski definition) is 1. The van der Waals surface area contributed by atoms with Gasteiger partial charge in [-0.2, -0.15) is 0 Å². The molecule has 1 heterocycles. The first-order valence-electron chi connectivity index (χ1n) is 5.34. The molecule has 0 fully saturated rings. The quantitative estimate of drug-likeness (QED) is 0.489. The number of aromatic nitrogens is 1. The zero-order valence-corrected chi connectivity index (χ0v) is 9.17. The van der Waals surface area contributed by atoms with Gasteiger partial charge in [0.25, 0.3) is 0 Å². The highest BCUT2D eigenvalue weighted by Gasteiger charge is 2.04. The minimum absolute atomic E-state index is 0.0513. The molecule has 2 aromatic carbocycles. The van der Waals surface area contributed by atoms with Gasteiger partial charge in [-0.05, 0) is 11.5 Å². The van der Waals surface area contributed by atoms with Gasteiger partial charge in [0.05, 0.1) is 5.52 Å². The maximum atomic E-state index is 5.43. The first-order chi connectivity index (χ1) is 8.25. The van der Waals surface area contributed by atoms with Crippen molar-refractivity contribution in [3.8, 4) is 0 Å². The monoisotopic (exact) mass is 224 g/mol. The number of hydrogen-bond donors (Lipinski definition) is 2. The van der Waals surface area contributed by atoms with Gasteiger partial charge in [0.2, 0.25) is 5.96 Å². The van der Waals surface area contributed by atoms with E-state index in [-0.39, 0.29) is 5.96 Å². The first kappa shape index (κ1) is 9.72. The number of benzene rings is 2. The zero-order chi connectivity index (χ0) is 11.8. The predicted octanol–water partition coefficient (Wildman–Crippen LogP) is 1.83. The molecule has 17 heavy (non-hydrogen) atoms. The molecule has 3 aromatic rings. The topological polar surface area (TPSA) is 69.3 Å². The van der Waals surface area contributed by atoms with Gasteiger partial charge in [0.1, 0.15) is 0 Å². The number of rotatable bonds is 1. The molecule has 4 N–H and O–H groups in total. The molecule has 0 aliphatic rings. The Hall–Kier alpha value is -2.49. The second-order valence-electron chi connectivity index (χ2n) is 3.91. The zero-order valence-electron chi connectivity index (χ0n) is 9.17. The van der Waals surface area contributed by atoms with E-state index in [4.69, 9.17) is 11.5 Å². The van der Waals surface area contributed by atoms with Crippen molar-refractivity contribution in [1.29, 1.82) is 0 Å². The van der Waals surface area contributed by atoms with Crippen molar-refractivity contribution in [2.45, 2.75) is 0 Å². The highest BCUT2D eigenvalue weighted by Crippen LogP contribution is 2.25. The lowest BCUT2D eigenvalue weighted by atomic mass is 10.1. The number of nitrogens with two attached hydrogens (primary N) is 2. The second kappa shape index (κ2) is 3.52. The van der Waals surface area contributed by atoms with Gasteiger partial charge in [-0.1, -0.05) is 36.4 Å². The van der Waals surface area contributed by atoms with Gasteiger partial charge in [0.15, 0.2) is 0 Å². The van der Waals surface area contributed by atoms with E-state index in [1.54, 1.807) is 4.68 Å². The molecule has 0 bridgehead atoms. The fourth-order valence-corrected chi connectivity index (χ4v) is 2.10. The minimum Gasteiger partial charge on any atom is -0.369 e. The fourth-order valence-electron chi connectivity index (χ4n) is 2.10. The molecule has 0 radical (unpaired) electrons. The molecule has 0 saturated heterocycles. The summed E-state index contributed by atoms with van der Waals surface area (Å²) in [6, 6.07) is 14.3. The summed E-state index contributed by atoms with van der Waals surface area (Å²) >= 11 is 0. The summed E-state index contributed by atoms with van der Waals surface area (Å²) in [5.41, 5.74) is 11.9. The van der Waals surface area contributed by atoms with Crippen LogP contribution in [0.25, 0.3) is 21.7 Å². The number of fused-ring (bicyclic) bond motifs is 3. The largest absolute Gasteiger partial charge is 0.369 e. The van der Waals surface area contributed by atoms with Crippen molar-refractivity contribution in [2.75, 3.05) is 0 Å². The van der Waals surface area contributed by atoms with E-state index in [0.29, 0.717) is 0 Å². The third-order valence-corrected chi connectivity index (χ3v) is 2.78. The summed E-state index contributed by atoms with van der Waals surface area (Å²) < 4.78 is 1.72. The van der Waals surface area contributed by atoms with Crippen molar-refractivity contribution < 1.29 is 0 Å². The third kappa shape index (κ3) is 1.50. The molecule has 4 nitrogen and oxygen atoms in total. The molecule has 0 aliphatic carbocycles. The highest BCUT2D eigenvalue weighted by atomic mass is 15.4. The van der Waals surface area contributed by atoms with Crippen LogP contribution in [0.3, 0.4) is 0 Å². The van der Waals surface area contributed by atoms with Crippen LogP contribution in [0.1, 0.15) is 0 Å². The lowest BCUT2D eigenvalue weighted by Gasteiger charge is -2.03. The summed E-state index contributed by atoms with van der Waals surface area (Å²) in [6.07, 6.45) is 1.86. The van der Waals surface area contributed by atoms with E-state index in [2.05, 4.69) is 29.4 Å². The van der Waals surface area contributed by atoms with Crippen LogP contribution in [-0.2, 0) is 0 Å². The molecule has 4 heteroatoms. The van der Waals surface area contributed by atoms with E-state index in [9.17, 15) is 0 Å². The Balaban J connectivity index is 2.46. The summed E-state index contributed by atoms with van der Waals surface area (Å²) in [4.78, 5) is 0. The standard InChI is InChI=1S/C13H12N4/c14-13(15)16-17-8-7-10-6-5-9-3-1-2-4-11(9)12(10)17/h1-8H,(H4,14,15,16). The fraction of sp³-hybridized carbons (Fsp3) is 0. The summed E-state index contributed by atoms with van der Waals surface area (Å²) in [5.74, 6) is 0.0513. The molecule has 0 amide bonds. The predicted molar refractivity (Wildman–Crippen MR) is 70.7 cm³/mol. The Bertz CT molecular complexity index is 720. The maximum Gasteiger partial charge on any atom is 0.209 e. The van der Waals surface area contributed by atoms with Gasteiger partial charge in [0, 0.05) is 17.0 Å². The average Bonchev–Trinajstić information content (AvgIpc) is 2.72. The van der Waals surface area contributed by atoms with Crippen LogP contribution in [-0.4, -0.2) is 10.6 Å². The van der Waals surface area contributed by atoms with Crippen LogP contribution in [0.2, 0.25) is 0 Å². The molecule has 84 valence electrons. The van der Waals surface area contributed by atoms with E-state index in [0.717, 1.165) is 16.3 Å². The average molecular weight is 224 g/mol. The van der Waals surface area contributed by atoms with Crippen LogP contribution < -0.4 is 11.5 Å². The van der Waals surface area contributed by atoms with E-state index in [1.807, 2.05) is 24.4 Å². The summed E-state index contributed by atoms with van der Waals surface area (Å²) in [6.45, 7) is 0. The van der Waals surface area contributed by atoms with Gasteiger partial charge in [-0.15, -0.1) is 5.10 Å².